The zero-order valence-electron chi connectivity index (χ0n) is 14.7. The normalized spacial score (nSPS) is 20.2. The molecule has 0 radical (unpaired) electrons. The lowest BCUT2D eigenvalue weighted by Crippen LogP contribution is -2.26. The lowest BCUT2D eigenvalue weighted by Gasteiger charge is -2.28. The smallest absolute Gasteiger partial charge is 0.201 e. The van der Waals surface area contributed by atoms with E-state index in [9.17, 15) is 13.2 Å². The molecular formula is C20H21F3O3. The zero-order chi connectivity index (χ0) is 18.7. The van der Waals surface area contributed by atoms with Gasteiger partial charge >= 0.3 is 0 Å². The fraction of sp³-hybridized carbons (Fsp3) is 0.400. The van der Waals surface area contributed by atoms with Gasteiger partial charge < -0.3 is 14.2 Å². The van der Waals surface area contributed by atoms with Crippen molar-refractivity contribution in [1.29, 1.82) is 0 Å². The Morgan fingerprint density at radius 2 is 1.88 bits per heavy atom. The number of hydrogen-bond donors (Lipinski definition) is 0. The summed E-state index contributed by atoms with van der Waals surface area (Å²) in [5, 5.41) is 0. The van der Waals surface area contributed by atoms with Crippen molar-refractivity contribution in [2.45, 2.75) is 32.0 Å². The first-order valence-corrected chi connectivity index (χ1v) is 8.60. The Bertz CT molecular complexity index is 771. The first-order chi connectivity index (χ1) is 12.5. The monoisotopic (exact) mass is 366 g/mol. The highest BCUT2D eigenvalue weighted by molar-refractivity contribution is 5.66. The van der Waals surface area contributed by atoms with Crippen LogP contribution in [0.4, 0.5) is 13.2 Å². The Kier molecular flexibility index (Phi) is 5.84. The van der Waals surface area contributed by atoms with Gasteiger partial charge in [-0.3, -0.25) is 0 Å². The van der Waals surface area contributed by atoms with Crippen LogP contribution in [0.15, 0.2) is 30.3 Å². The van der Waals surface area contributed by atoms with Crippen LogP contribution in [0.25, 0.3) is 11.1 Å². The van der Waals surface area contributed by atoms with Gasteiger partial charge in [0, 0.05) is 18.2 Å². The van der Waals surface area contributed by atoms with Crippen LogP contribution in [0.3, 0.4) is 0 Å². The summed E-state index contributed by atoms with van der Waals surface area (Å²) in [5.74, 6) is -2.79. The van der Waals surface area contributed by atoms with Crippen molar-refractivity contribution >= 4 is 0 Å². The molecule has 6 heteroatoms. The second-order valence-electron chi connectivity index (χ2n) is 6.17. The first kappa shape index (κ1) is 18.7. The molecule has 0 bridgehead atoms. The molecule has 2 atom stereocenters. The Morgan fingerprint density at radius 3 is 2.50 bits per heavy atom. The summed E-state index contributed by atoms with van der Waals surface area (Å²) in [6.07, 6.45) is 1.08. The van der Waals surface area contributed by atoms with E-state index in [0.29, 0.717) is 18.6 Å². The maximum atomic E-state index is 14.6. The molecule has 1 fully saturated rings. The number of halogens is 3. The van der Waals surface area contributed by atoms with Crippen molar-refractivity contribution in [2.24, 2.45) is 0 Å². The molecule has 140 valence electrons. The second-order valence-corrected chi connectivity index (χ2v) is 6.17. The second kappa shape index (κ2) is 8.10. The molecule has 1 aliphatic heterocycles. The molecule has 2 aromatic rings. The summed E-state index contributed by atoms with van der Waals surface area (Å²) in [6.45, 7) is 2.31. The van der Waals surface area contributed by atoms with Crippen LogP contribution in [-0.4, -0.2) is 26.4 Å². The molecule has 1 aliphatic rings. The van der Waals surface area contributed by atoms with E-state index in [1.807, 2.05) is 0 Å². The molecule has 0 aromatic heterocycles. The minimum atomic E-state index is -1.07. The molecule has 0 amide bonds. The predicted octanol–water partition coefficient (Wildman–Crippen LogP) is 5.04. The van der Waals surface area contributed by atoms with Gasteiger partial charge in [-0.2, -0.15) is 4.39 Å². The van der Waals surface area contributed by atoms with E-state index >= 15 is 0 Å². The van der Waals surface area contributed by atoms with Gasteiger partial charge in [0.25, 0.3) is 0 Å². The summed E-state index contributed by atoms with van der Waals surface area (Å²) >= 11 is 0. The maximum Gasteiger partial charge on any atom is 0.201 e. The van der Waals surface area contributed by atoms with Crippen LogP contribution in [0, 0.1) is 17.5 Å². The third-order valence-electron chi connectivity index (χ3n) is 4.57. The van der Waals surface area contributed by atoms with Gasteiger partial charge in [0.05, 0.1) is 25.4 Å². The number of rotatable bonds is 5. The highest BCUT2D eigenvalue weighted by Gasteiger charge is 2.25. The molecule has 3 nitrogen and oxygen atoms in total. The fourth-order valence-corrected chi connectivity index (χ4v) is 3.14. The Hall–Kier alpha value is -2.05. The summed E-state index contributed by atoms with van der Waals surface area (Å²) in [6, 6.07) is 7.08. The predicted molar refractivity (Wildman–Crippen MR) is 91.6 cm³/mol. The molecule has 26 heavy (non-hydrogen) atoms. The largest absolute Gasteiger partial charge is 0.491 e. The topological polar surface area (TPSA) is 27.7 Å². The van der Waals surface area contributed by atoms with Crippen molar-refractivity contribution in [1.82, 2.24) is 0 Å². The molecule has 2 aromatic carbocycles. The van der Waals surface area contributed by atoms with E-state index in [-0.39, 0.29) is 35.7 Å². The number of hydrogen-bond acceptors (Lipinski definition) is 3. The molecule has 1 heterocycles. The molecule has 2 unspecified atom stereocenters. The van der Waals surface area contributed by atoms with Crippen molar-refractivity contribution in [3.63, 3.8) is 0 Å². The number of methoxy groups -OCH3 is 1. The summed E-state index contributed by atoms with van der Waals surface area (Å²) in [4.78, 5) is 0. The summed E-state index contributed by atoms with van der Waals surface area (Å²) < 4.78 is 58.9. The highest BCUT2D eigenvalue weighted by Crippen LogP contribution is 2.34. The van der Waals surface area contributed by atoms with E-state index in [1.165, 1.54) is 18.2 Å². The molecule has 1 saturated heterocycles. The summed E-state index contributed by atoms with van der Waals surface area (Å²) in [5.41, 5.74) is 0.659. The zero-order valence-corrected chi connectivity index (χ0v) is 14.7. The fourth-order valence-electron chi connectivity index (χ4n) is 3.14. The van der Waals surface area contributed by atoms with Crippen molar-refractivity contribution in [2.75, 3.05) is 20.3 Å². The minimum Gasteiger partial charge on any atom is -0.491 e. The van der Waals surface area contributed by atoms with E-state index in [2.05, 4.69) is 0 Å². The van der Waals surface area contributed by atoms with E-state index in [0.717, 1.165) is 6.42 Å². The average Bonchev–Trinajstić information content (AvgIpc) is 2.66. The van der Waals surface area contributed by atoms with Crippen molar-refractivity contribution < 1.29 is 27.4 Å². The average molecular weight is 366 g/mol. The van der Waals surface area contributed by atoms with Gasteiger partial charge in [0.15, 0.2) is 11.6 Å². The number of ether oxygens (including phenoxy) is 3. The van der Waals surface area contributed by atoms with Crippen molar-refractivity contribution in [3.8, 4) is 16.9 Å². The van der Waals surface area contributed by atoms with Crippen LogP contribution in [0.5, 0.6) is 5.75 Å². The Balaban J connectivity index is 1.85. The van der Waals surface area contributed by atoms with Crippen LogP contribution < -0.4 is 4.74 Å². The van der Waals surface area contributed by atoms with Gasteiger partial charge in [-0.15, -0.1) is 0 Å². The van der Waals surface area contributed by atoms with Gasteiger partial charge in [0.2, 0.25) is 5.82 Å². The van der Waals surface area contributed by atoms with E-state index in [4.69, 9.17) is 14.2 Å². The molecule has 0 saturated carbocycles. The lowest BCUT2D eigenvalue weighted by atomic mass is 9.96. The van der Waals surface area contributed by atoms with Crippen molar-refractivity contribution in [3.05, 3.63) is 53.3 Å². The van der Waals surface area contributed by atoms with E-state index < -0.39 is 17.5 Å². The SMILES string of the molecule is CCOc1ccc(-c2ccc(C3CCC(OC)CO3)c(F)c2)c(F)c1F. The third kappa shape index (κ3) is 3.71. The lowest BCUT2D eigenvalue weighted by molar-refractivity contribution is -0.0735. The molecule has 3 rings (SSSR count). The van der Waals surface area contributed by atoms with Crippen LogP contribution in [0.2, 0.25) is 0 Å². The Labute approximate surface area is 150 Å². The summed E-state index contributed by atoms with van der Waals surface area (Å²) in [7, 11) is 1.62. The maximum absolute atomic E-state index is 14.6. The van der Waals surface area contributed by atoms with Gasteiger partial charge in [-0.05, 0) is 43.5 Å². The third-order valence-corrected chi connectivity index (χ3v) is 4.57. The minimum absolute atomic E-state index is 0.0135. The van der Waals surface area contributed by atoms with Crippen LogP contribution in [0.1, 0.15) is 31.4 Å². The van der Waals surface area contributed by atoms with Gasteiger partial charge in [0.1, 0.15) is 5.82 Å². The standard InChI is InChI=1S/C20H21F3O3/c1-3-25-18-9-7-14(19(22)20(18)23)12-4-6-15(16(21)10-12)17-8-5-13(24-2)11-26-17/h4,6-7,9-10,13,17H,3,5,8,11H2,1-2H3. The van der Waals surface area contributed by atoms with Gasteiger partial charge in [-0.1, -0.05) is 12.1 Å². The highest BCUT2D eigenvalue weighted by atomic mass is 19.2. The molecular weight excluding hydrogens is 345 g/mol. The molecule has 0 N–H and O–H groups in total. The Morgan fingerprint density at radius 1 is 1.08 bits per heavy atom. The molecule has 0 aliphatic carbocycles. The first-order valence-electron chi connectivity index (χ1n) is 8.60. The molecule has 0 spiro atoms. The quantitative estimate of drug-likeness (QED) is 0.742. The van der Waals surface area contributed by atoms with Gasteiger partial charge in [-0.25, -0.2) is 8.78 Å². The van der Waals surface area contributed by atoms with Crippen LogP contribution >= 0.6 is 0 Å². The van der Waals surface area contributed by atoms with Crippen LogP contribution in [-0.2, 0) is 9.47 Å². The number of benzene rings is 2. The van der Waals surface area contributed by atoms with E-state index in [1.54, 1.807) is 26.2 Å².